The first kappa shape index (κ1) is 21.9. The molecule has 0 rings (SSSR count). The van der Waals surface area contributed by atoms with Gasteiger partial charge in [-0.3, -0.25) is 4.79 Å². The van der Waals surface area contributed by atoms with Crippen LogP contribution in [0.5, 0.6) is 0 Å². The van der Waals surface area contributed by atoms with E-state index >= 15 is 0 Å². The summed E-state index contributed by atoms with van der Waals surface area (Å²) in [6, 6.07) is 0. The van der Waals surface area contributed by atoms with Crippen molar-refractivity contribution in [3.05, 3.63) is 0 Å². The third-order valence-corrected chi connectivity index (χ3v) is 4.00. The van der Waals surface area contributed by atoms with Gasteiger partial charge in [-0.2, -0.15) is 0 Å². The van der Waals surface area contributed by atoms with Crippen molar-refractivity contribution in [1.82, 2.24) is 0 Å². The predicted molar refractivity (Wildman–Crippen MR) is 90.3 cm³/mol. The standard InChI is InChI=1S/C18H34O5/c1-3-4-5-6-7-8-9-10-12-16(23-15(2)19)13-11-14-17(20)18(21)22/h16-17,20H,3-14H2,1-2H3,(H,21,22)/t16-,17-/m1/s1. The van der Waals surface area contributed by atoms with Crippen LogP contribution in [-0.2, 0) is 14.3 Å². The van der Waals surface area contributed by atoms with Gasteiger partial charge in [-0.1, -0.05) is 51.9 Å². The minimum atomic E-state index is -1.32. The molecule has 0 saturated heterocycles. The van der Waals surface area contributed by atoms with Gasteiger partial charge in [-0.05, 0) is 32.1 Å². The van der Waals surface area contributed by atoms with E-state index in [2.05, 4.69) is 6.92 Å². The summed E-state index contributed by atoms with van der Waals surface area (Å²) in [6.45, 7) is 3.61. The molecule has 23 heavy (non-hydrogen) atoms. The molecule has 0 aliphatic rings. The van der Waals surface area contributed by atoms with Crippen molar-refractivity contribution in [3.8, 4) is 0 Å². The lowest BCUT2D eigenvalue weighted by Gasteiger charge is -2.17. The summed E-state index contributed by atoms with van der Waals surface area (Å²) in [5.74, 6) is -1.49. The van der Waals surface area contributed by atoms with Crippen molar-refractivity contribution in [1.29, 1.82) is 0 Å². The first-order valence-corrected chi connectivity index (χ1v) is 9.05. The number of esters is 1. The van der Waals surface area contributed by atoms with Crippen LogP contribution >= 0.6 is 0 Å². The van der Waals surface area contributed by atoms with Crippen LogP contribution in [0.4, 0.5) is 0 Å². The van der Waals surface area contributed by atoms with E-state index in [1.807, 2.05) is 0 Å². The number of carbonyl (C=O) groups excluding carboxylic acids is 1. The highest BCUT2D eigenvalue weighted by molar-refractivity contribution is 5.71. The zero-order valence-corrected chi connectivity index (χ0v) is 14.8. The maximum absolute atomic E-state index is 11.1. The van der Waals surface area contributed by atoms with E-state index in [9.17, 15) is 14.7 Å². The fourth-order valence-corrected chi connectivity index (χ4v) is 2.67. The highest BCUT2D eigenvalue weighted by Crippen LogP contribution is 2.16. The summed E-state index contributed by atoms with van der Waals surface area (Å²) < 4.78 is 5.28. The van der Waals surface area contributed by atoms with E-state index in [1.165, 1.54) is 45.4 Å². The highest BCUT2D eigenvalue weighted by atomic mass is 16.5. The molecule has 2 atom stereocenters. The number of carboxylic acids is 1. The molecule has 0 fully saturated rings. The smallest absolute Gasteiger partial charge is 0.332 e. The average Bonchev–Trinajstić information content (AvgIpc) is 2.48. The van der Waals surface area contributed by atoms with Crippen LogP contribution < -0.4 is 0 Å². The molecule has 0 heterocycles. The molecule has 0 bridgehead atoms. The number of carboxylic acid groups (broad SMARTS) is 1. The van der Waals surface area contributed by atoms with Gasteiger partial charge < -0.3 is 14.9 Å². The largest absolute Gasteiger partial charge is 0.479 e. The van der Waals surface area contributed by atoms with E-state index in [4.69, 9.17) is 9.84 Å². The Hall–Kier alpha value is -1.10. The number of unbranched alkanes of at least 4 members (excludes halogenated alkanes) is 7. The Morgan fingerprint density at radius 2 is 1.39 bits per heavy atom. The molecule has 0 aliphatic carbocycles. The van der Waals surface area contributed by atoms with Gasteiger partial charge in [0.05, 0.1) is 0 Å². The number of hydrogen-bond acceptors (Lipinski definition) is 4. The van der Waals surface area contributed by atoms with Gasteiger partial charge in [0.2, 0.25) is 0 Å². The lowest BCUT2D eigenvalue weighted by Crippen LogP contribution is -2.21. The van der Waals surface area contributed by atoms with Gasteiger partial charge in [0, 0.05) is 6.92 Å². The summed E-state index contributed by atoms with van der Waals surface area (Å²) in [5, 5.41) is 17.9. The Kier molecular flexibility index (Phi) is 13.8. The summed E-state index contributed by atoms with van der Waals surface area (Å²) in [7, 11) is 0. The predicted octanol–water partition coefficient (Wildman–Crippen LogP) is 4.06. The van der Waals surface area contributed by atoms with Crippen LogP contribution in [-0.4, -0.2) is 34.4 Å². The molecule has 5 heteroatoms. The molecule has 0 saturated carbocycles. The van der Waals surface area contributed by atoms with Crippen LogP contribution in [0.15, 0.2) is 0 Å². The molecular weight excluding hydrogens is 296 g/mol. The fourth-order valence-electron chi connectivity index (χ4n) is 2.67. The fraction of sp³-hybridized carbons (Fsp3) is 0.889. The van der Waals surface area contributed by atoms with E-state index in [0.29, 0.717) is 12.8 Å². The molecule has 0 aromatic heterocycles. The van der Waals surface area contributed by atoms with Crippen molar-refractivity contribution in [2.24, 2.45) is 0 Å². The molecule has 0 aromatic rings. The number of hydrogen-bond donors (Lipinski definition) is 2. The quantitative estimate of drug-likeness (QED) is 0.349. The molecule has 5 nitrogen and oxygen atoms in total. The van der Waals surface area contributed by atoms with E-state index < -0.39 is 12.1 Å². The second-order valence-electron chi connectivity index (χ2n) is 6.28. The Bertz CT molecular complexity index is 317. The number of carbonyl (C=O) groups is 2. The minimum Gasteiger partial charge on any atom is -0.479 e. The Morgan fingerprint density at radius 1 is 0.870 bits per heavy atom. The lowest BCUT2D eigenvalue weighted by atomic mass is 10.0. The molecule has 0 aromatic carbocycles. The molecule has 0 unspecified atom stereocenters. The number of aliphatic carboxylic acids is 1. The Labute approximate surface area is 140 Å². The van der Waals surface area contributed by atoms with Crippen LogP contribution in [0.3, 0.4) is 0 Å². The number of rotatable bonds is 15. The monoisotopic (exact) mass is 330 g/mol. The summed E-state index contributed by atoms with van der Waals surface area (Å²) in [6.07, 6.45) is 10.5. The van der Waals surface area contributed by atoms with Crippen LogP contribution in [0.25, 0.3) is 0 Å². The first-order chi connectivity index (χ1) is 11.0. The van der Waals surface area contributed by atoms with Gasteiger partial charge in [0.25, 0.3) is 0 Å². The van der Waals surface area contributed by atoms with Gasteiger partial charge in [-0.25, -0.2) is 4.79 Å². The van der Waals surface area contributed by atoms with Crippen LogP contribution in [0, 0.1) is 0 Å². The van der Waals surface area contributed by atoms with E-state index in [1.54, 1.807) is 0 Å². The molecule has 0 amide bonds. The molecular formula is C18H34O5. The topological polar surface area (TPSA) is 83.8 Å². The summed E-state index contributed by atoms with van der Waals surface area (Å²) in [4.78, 5) is 21.7. The number of aliphatic hydroxyl groups excluding tert-OH is 1. The zero-order chi connectivity index (χ0) is 17.5. The molecule has 2 N–H and O–H groups in total. The van der Waals surface area contributed by atoms with Gasteiger partial charge in [0.15, 0.2) is 6.10 Å². The normalized spacial score (nSPS) is 13.5. The second-order valence-corrected chi connectivity index (χ2v) is 6.28. The van der Waals surface area contributed by atoms with E-state index in [-0.39, 0.29) is 18.5 Å². The number of ether oxygens (including phenoxy) is 1. The van der Waals surface area contributed by atoms with Gasteiger partial charge >= 0.3 is 11.9 Å². The maximum atomic E-state index is 11.1. The third kappa shape index (κ3) is 14.2. The van der Waals surface area contributed by atoms with Crippen molar-refractivity contribution < 1.29 is 24.5 Å². The van der Waals surface area contributed by atoms with Gasteiger partial charge in [-0.15, -0.1) is 0 Å². The summed E-state index contributed by atoms with van der Waals surface area (Å²) in [5.41, 5.74) is 0. The summed E-state index contributed by atoms with van der Waals surface area (Å²) >= 11 is 0. The van der Waals surface area contributed by atoms with Crippen molar-refractivity contribution in [2.45, 2.75) is 103 Å². The molecule has 136 valence electrons. The molecule has 0 radical (unpaired) electrons. The third-order valence-electron chi connectivity index (χ3n) is 4.00. The van der Waals surface area contributed by atoms with Crippen molar-refractivity contribution in [2.75, 3.05) is 0 Å². The van der Waals surface area contributed by atoms with Crippen molar-refractivity contribution >= 4 is 11.9 Å². The highest BCUT2D eigenvalue weighted by Gasteiger charge is 2.16. The maximum Gasteiger partial charge on any atom is 0.332 e. The van der Waals surface area contributed by atoms with Crippen molar-refractivity contribution in [3.63, 3.8) is 0 Å². The minimum absolute atomic E-state index is 0.159. The SMILES string of the molecule is CCCCCCCCCC[C@H](CCC[C@@H](O)C(=O)O)OC(C)=O. The first-order valence-electron chi connectivity index (χ1n) is 9.05. The number of aliphatic hydroxyl groups is 1. The lowest BCUT2D eigenvalue weighted by molar-refractivity contribution is -0.149. The van der Waals surface area contributed by atoms with E-state index in [0.717, 1.165) is 19.3 Å². The van der Waals surface area contributed by atoms with Gasteiger partial charge in [0.1, 0.15) is 6.10 Å². The second kappa shape index (κ2) is 14.5. The Balaban J connectivity index is 3.79. The van der Waals surface area contributed by atoms with Crippen LogP contribution in [0.1, 0.15) is 90.9 Å². The Morgan fingerprint density at radius 3 is 1.91 bits per heavy atom. The zero-order valence-electron chi connectivity index (χ0n) is 14.8. The molecule has 0 aliphatic heterocycles. The average molecular weight is 330 g/mol. The van der Waals surface area contributed by atoms with Crippen LogP contribution in [0.2, 0.25) is 0 Å². The molecule has 0 spiro atoms.